The van der Waals surface area contributed by atoms with Gasteiger partial charge in [0.25, 0.3) is 0 Å². The molecule has 0 aliphatic rings. The van der Waals surface area contributed by atoms with Crippen LogP contribution in [0.4, 0.5) is 0 Å². The highest BCUT2D eigenvalue weighted by Gasteiger charge is 2.16. The molecule has 0 aliphatic heterocycles. The van der Waals surface area contributed by atoms with E-state index in [0.717, 1.165) is 23.0 Å². The second kappa shape index (κ2) is 8.83. The number of fused-ring (bicyclic) bond motifs is 1. The number of rotatable bonds is 8. The van der Waals surface area contributed by atoms with Crippen molar-refractivity contribution in [1.29, 1.82) is 0 Å². The van der Waals surface area contributed by atoms with Crippen molar-refractivity contribution in [1.82, 2.24) is 14.9 Å². The van der Waals surface area contributed by atoms with Gasteiger partial charge >= 0.3 is 0 Å². The van der Waals surface area contributed by atoms with Crippen molar-refractivity contribution >= 4 is 28.5 Å². The fraction of sp³-hybridized carbons (Fsp3) is 0.300. The number of aromatic nitrogens is 2. The summed E-state index contributed by atoms with van der Waals surface area (Å²) in [5.74, 6) is 0.638. The number of hydrogen-bond acceptors (Lipinski definition) is 3. The zero-order valence-corrected chi connectivity index (χ0v) is 15.5. The number of carbonyl (C=O) groups is 1. The highest BCUT2D eigenvalue weighted by Crippen LogP contribution is 2.30. The molecule has 0 saturated carbocycles. The van der Waals surface area contributed by atoms with Gasteiger partial charge in [0.2, 0.25) is 5.91 Å². The van der Waals surface area contributed by atoms with Crippen molar-refractivity contribution in [3.8, 4) is 11.4 Å². The predicted molar refractivity (Wildman–Crippen MR) is 104 cm³/mol. The smallest absolute Gasteiger partial charge is 0.240 e. The van der Waals surface area contributed by atoms with Crippen LogP contribution in [0.1, 0.15) is 13.3 Å². The lowest BCUT2D eigenvalue weighted by Crippen LogP contribution is -2.29. The largest absolute Gasteiger partial charge is 0.382 e. The SMILES string of the molecule is CCOCCCNC(=O)Cn1c(-c2ccccc2Cl)nc2ccccc21. The van der Waals surface area contributed by atoms with Gasteiger partial charge in [-0.25, -0.2) is 4.98 Å². The molecule has 0 fully saturated rings. The lowest BCUT2D eigenvalue weighted by molar-refractivity contribution is -0.121. The number of halogens is 1. The van der Waals surface area contributed by atoms with Crippen molar-refractivity contribution < 1.29 is 9.53 Å². The second-order valence-corrected chi connectivity index (χ2v) is 6.30. The summed E-state index contributed by atoms with van der Waals surface area (Å²) in [6.45, 7) is 4.08. The van der Waals surface area contributed by atoms with Gasteiger partial charge in [0.1, 0.15) is 12.4 Å². The van der Waals surface area contributed by atoms with E-state index >= 15 is 0 Å². The van der Waals surface area contributed by atoms with Crippen LogP contribution in [0.15, 0.2) is 48.5 Å². The molecule has 1 aromatic heterocycles. The summed E-state index contributed by atoms with van der Waals surface area (Å²) in [4.78, 5) is 17.1. The van der Waals surface area contributed by atoms with Gasteiger partial charge < -0.3 is 14.6 Å². The first-order valence-corrected chi connectivity index (χ1v) is 9.13. The number of imidazole rings is 1. The van der Waals surface area contributed by atoms with Gasteiger partial charge in [-0.15, -0.1) is 0 Å². The minimum Gasteiger partial charge on any atom is -0.382 e. The van der Waals surface area contributed by atoms with Crippen LogP contribution in [-0.4, -0.2) is 35.2 Å². The molecule has 0 spiro atoms. The highest BCUT2D eigenvalue weighted by molar-refractivity contribution is 6.33. The van der Waals surface area contributed by atoms with E-state index in [-0.39, 0.29) is 12.5 Å². The molecule has 0 bridgehead atoms. The Balaban J connectivity index is 1.84. The molecule has 3 rings (SSSR count). The zero-order chi connectivity index (χ0) is 18.4. The lowest BCUT2D eigenvalue weighted by Gasteiger charge is -2.11. The van der Waals surface area contributed by atoms with Crippen LogP contribution in [0.25, 0.3) is 22.4 Å². The third kappa shape index (κ3) is 4.23. The van der Waals surface area contributed by atoms with Crippen LogP contribution in [0.3, 0.4) is 0 Å². The maximum absolute atomic E-state index is 12.4. The van der Waals surface area contributed by atoms with Gasteiger partial charge in [-0.2, -0.15) is 0 Å². The second-order valence-electron chi connectivity index (χ2n) is 5.89. The van der Waals surface area contributed by atoms with Gasteiger partial charge in [-0.1, -0.05) is 35.9 Å². The van der Waals surface area contributed by atoms with Crippen LogP contribution in [0.5, 0.6) is 0 Å². The number of nitrogens with zero attached hydrogens (tertiary/aromatic N) is 2. The Labute approximate surface area is 157 Å². The van der Waals surface area contributed by atoms with Crippen molar-refractivity contribution in [2.45, 2.75) is 19.9 Å². The molecule has 0 aliphatic carbocycles. The summed E-state index contributed by atoms with van der Waals surface area (Å²) >= 11 is 6.36. The number of nitrogens with one attached hydrogen (secondary N) is 1. The normalized spacial score (nSPS) is 11.0. The molecule has 136 valence electrons. The molecule has 2 aromatic carbocycles. The molecule has 0 saturated heterocycles. The third-order valence-corrected chi connectivity index (χ3v) is 4.39. The van der Waals surface area contributed by atoms with E-state index in [0.29, 0.717) is 30.6 Å². The molecular weight excluding hydrogens is 350 g/mol. The molecule has 26 heavy (non-hydrogen) atoms. The Morgan fingerprint density at radius 1 is 1.19 bits per heavy atom. The van der Waals surface area contributed by atoms with Crippen molar-refractivity contribution in [2.24, 2.45) is 0 Å². The van der Waals surface area contributed by atoms with Crippen LogP contribution in [0.2, 0.25) is 5.02 Å². The minimum absolute atomic E-state index is 0.0574. The first kappa shape index (κ1) is 18.4. The number of carbonyl (C=O) groups excluding carboxylic acids is 1. The molecule has 0 unspecified atom stereocenters. The Morgan fingerprint density at radius 2 is 1.96 bits per heavy atom. The van der Waals surface area contributed by atoms with Crippen LogP contribution < -0.4 is 5.32 Å². The summed E-state index contributed by atoms with van der Waals surface area (Å²) in [6.07, 6.45) is 0.793. The first-order chi connectivity index (χ1) is 12.7. The van der Waals surface area contributed by atoms with Crippen LogP contribution >= 0.6 is 11.6 Å². The highest BCUT2D eigenvalue weighted by atomic mass is 35.5. The number of benzene rings is 2. The van der Waals surface area contributed by atoms with E-state index < -0.39 is 0 Å². The van der Waals surface area contributed by atoms with Gasteiger partial charge in [0.05, 0.1) is 16.1 Å². The van der Waals surface area contributed by atoms with Crippen LogP contribution in [0, 0.1) is 0 Å². The average molecular weight is 372 g/mol. The molecule has 5 nitrogen and oxygen atoms in total. The Kier molecular flexibility index (Phi) is 6.26. The molecule has 3 aromatic rings. The van der Waals surface area contributed by atoms with Crippen LogP contribution in [-0.2, 0) is 16.1 Å². The molecule has 0 atom stereocenters. The van der Waals surface area contributed by atoms with Gasteiger partial charge in [0.15, 0.2) is 0 Å². The molecule has 1 heterocycles. The standard InChI is InChI=1S/C20H22ClN3O2/c1-2-26-13-7-12-22-19(25)14-24-18-11-6-5-10-17(18)23-20(24)15-8-3-4-9-16(15)21/h3-6,8-11H,2,7,12-14H2,1H3,(H,22,25). The molecule has 1 amide bonds. The fourth-order valence-electron chi connectivity index (χ4n) is 2.83. The summed E-state index contributed by atoms with van der Waals surface area (Å²) < 4.78 is 7.20. The first-order valence-electron chi connectivity index (χ1n) is 8.75. The summed E-state index contributed by atoms with van der Waals surface area (Å²) in [7, 11) is 0. The summed E-state index contributed by atoms with van der Waals surface area (Å²) in [5.41, 5.74) is 2.56. The van der Waals surface area contributed by atoms with E-state index in [4.69, 9.17) is 21.3 Å². The minimum atomic E-state index is -0.0574. The van der Waals surface area contributed by atoms with E-state index in [2.05, 4.69) is 5.32 Å². The third-order valence-electron chi connectivity index (χ3n) is 4.06. The van der Waals surface area contributed by atoms with Crippen molar-refractivity contribution in [3.63, 3.8) is 0 Å². The van der Waals surface area contributed by atoms with Gasteiger partial charge in [-0.3, -0.25) is 4.79 Å². The molecular formula is C20H22ClN3O2. The summed E-state index contributed by atoms with van der Waals surface area (Å²) in [5, 5.41) is 3.55. The molecule has 6 heteroatoms. The number of amides is 1. The number of para-hydroxylation sites is 2. The topological polar surface area (TPSA) is 56.1 Å². The number of hydrogen-bond donors (Lipinski definition) is 1. The van der Waals surface area contributed by atoms with Gasteiger partial charge in [-0.05, 0) is 37.6 Å². The number of ether oxygens (including phenoxy) is 1. The maximum Gasteiger partial charge on any atom is 0.240 e. The fourth-order valence-corrected chi connectivity index (χ4v) is 3.05. The summed E-state index contributed by atoms with van der Waals surface area (Å²) in [6, 6.07) is 15.3. The van der Waals surface area contributed by atoms with E-state index in [9.17, 15) is 4.79 Å². The van der Waals surface area contributed by atoms with Crippen molar-refractivity contribution in [3.05, 3.63) is 53.6 Å². The molecule has 0 radical (unpaired) electrons. The Bertz CT molecular complexity index is 892. The van der Waals surface area contributed by atoms with Gasteiger partial charge in [0, 0.05) is 25.3 Å². The monoisotopic (exact) mass is 371 g/mol. The van der Waals surface area contributed by atoms with Crippen molar-refractivity contribution in [2.75, 3.05) is 19.8 Å². The zero-order valence-electron chi connectivity index (χ0n) is 14.7. The quantitative estimate of drug-likeness (QED) is 0.611. The molecule has 1 N–H and O–H groups in total. The Hall–Kier alpha value is -2.37. The van der Waals surface area contributed by atoms with E-state index in [1.165, 1.54) is 0 Å². The predicted octanol–water partition coefficient (Wildman–Crippen LogP) is 3.90. The van der Waals surface area contributed by atoms with E-state index in [1.54, 1.807) is 0 Å². The average Bonchev–Trinajstić information content (AvgIpc) is 3.00. The van der Waals surface area contributed by atoms with E-state index in [1.807, 2.05) is 60.0 Å². The Morgan fingerprint density at radius 3 is 2.77 bits per heavy atom. The maximum atomic E-state index is 12.4. The lowest BCUT2D eigenvalue weighted by atomic mass is 10.2.